The molecule has 1 aromatic rings. The number of nitrogens with two attached hydrogens (primary N) is 2. The topological polar surface area (TPSA) is 86.2 Å². The van der Waals surface area contributed by atoms with Crippen molar-refractivity contribution < 1.29 is 9.00 Å². The molecule has 0 spiro atoms. The maximum absolute atomic E-state index is 11.8. The maximum Gasteiger partial charge on any atom is 0.235 e. The molecule has 94 valence electrons. The Morgan fingerprint density at radius 2 is 1.82 bits per heavy atom. The monoisotopic (exact) mass is 254 g/mol. The fourth-order valence-electron chi connectivity index (χ4n) is 1.68. The predicted octanol–water partition coefficient (Wildman–Crippen LogP) is 0.365. The summed E-state index contributed by atoms with van der Waals surface area (Å²) in [5.74, 6) is -0.0926. The molecule has 17 heavy (non-hydrogen) atoms. The first-order valence-corrected chi connectivity index (χ1v) is 6.84. The molecule has 2 atom stereocenters. The van der Waals surface area contributed by atoms with Gasteiger partial charge in [0, 0.05) is 22.3 Å². The summed E-state index contributed by atoms with van der Waals surface area (Å²) in [5.41, 5.74) is 13.8. The van der Waals surface area contributed by atoms with Crippen molar-refractivity contribution >= 4 is 16.7 Å². The number of rotatable bonds is 5. The van der Waals surface area contributed by atoms with Crippen molar-refractivity contribution in [2.75, 3.05) is 5.75 Å². The van der Waals surface area contributed by atoms with Gasteiger partial charge in [0.1, 0.15) is 0 Å². The van der Waals surface area contributed by atoms with Gasteiger partial charge >= 0.3 is 0 Å². The van der Waals surface area contributed by atoms with Gasteiger partial charge in [0.25, 0.3) is 0 Å². The van der Waals surface area contributed by atoms with E-state index < -0.39 is 22.7 Å². The van der Waals surface area contributed by atoms with Crippen LogP contribution in [0.25, 0.3) is 0 Å². The normalized spacial score (nSPS) is 14.3. The third-order valence-corrected chi connectivity index (χ3v) is 3.73. The molecule has 0 aliphatic heterocycles. The number of hydrogen-bond acceptors (Lipinski definition) is 3. The molecule has 2 unspecified atom stereocenters. The van der Waals surface area contributed by atoms with Gasteiger partial charge in [-0.15, -0.1) is 0 Å². The van der Waals surface area contributed by atoms with Gasteiger partial charge < -0.3 is 11.5 Å². The number of aryl methyl sites for hydroxylation is 2. The second-order valence-electron chi connectivity index (χ2n) is 4.26. The number of carbonyl (C=O) groups is 1. The summed E-state index contributed by atoms with van der Waals surface area (Å²) in [6, 6.07) is 5.20. The Morgan fingerprint density at radius 3 is 2.29 bits per heavy atom. The Labute approximate surface area is 104 Å². The molecule has 1 rings (SSSR count). The lowest BCUT2D eigenvalue weighted by Crippen LogP contribution is -2.40. The van der Waals surface area contributed by atoms with E-state index in [0.717, 1.165) is 16.7 Å². The Balaban J connectivity index is 2.65. The van der Waals surface area contributed by atoms with Crippen molar-refractivity contribution in [3.63, 3.8) is 0 Å². The van der Waals surface area contributed by atoms with Crippen molar-refractivity contribution in [1.29, 1.82) is 0 Å². The number of amides is 1. The van der Waals surface area contributed by atoms with E-state index in [4.69, 9.17) is 11.5 Å². The van der Waals surface area contributed by atoms with Gasteiger partial charge in [0.15, 0.2) is 0 Å². The van der Waals surface area contributed by atoms with E-state index in [1.165, 1.54) is 0 Å². The lowest BCUT2D eigenvalue weighted by molar-refractivity contribution is -0.118. The van der Waals surface area contributed by atoms with E-state index in [0.29, 0.717) is 5.75 Å². The highest BCUT2D eigenvalue weighted by molar-refractivity contribution is 7.84. The van der Waals surface area contributed by atoms with Crippen LogP contribution in [0.3, 0.4) is 0 Å². The fourth-order valence-corrected chi connectivity index (χ4v) is 2.90. The van der Waals surface area contributed by atoms with E-state index in [1.54, 1.807) is 0 Å². The lowest BCUT2D eigenvalue weighted by atomic mass is 10.1. The van der Waals surface area contributed by atoms with Gasteiger partial charge in [0.05, 0.1) is 6.04 Å². The Hall–Kier alpha value is -1.20. The lowest BCUT2D eigenvalue weighted by Gasteiger charge is -2.08. The van der Waals surface area contributed by atoms with Gasteiger partial charge in [-0.2, -0.15) is 0 Å². The van der Waals surface area contributed by atoms with Crippen LogP contribution in [0.15, 0.2) is 18.2 Å². The third kappa shape index (κ3) is 4.66. The van der Waals surface area contributed by atoms with Crippen LogP contribution >= 0.6 is 0 Å². The second kappa shape index (κ2) is 5.93. The number of benzene rings is 1. The molecule has 0 fully saturated rings. The Bertz CT molecular complexity index is 426. The third-order valence-electron chi connectivity index (χ3n) is 2.34. The molecular formula is C12H18N2O2S. The molecule has 0 aliphatic carbocycles. The van der Waals surface area contributed by atoms with Crippen LogP contribution in [0.4, 0.5) is 0 Å². The average molecular weight is 254 g/mol. The second-order valence-corrected chi connectivity index (χ2v) is 5.76. The number of carbonyl (C=O) groups excluding carboxylic acids is 1. The zero-order valence-corrected chi connectivity index (χ0v) is 10.9. The minimum atomic E-state index is -1.16. The van der Waals surface area contributed by atoms with Crippen LogP contribution in [-0.2, 0) is 21.3 Å². The van der Waals surface area contributed by atoms with Crippen LogP contribution in [0.2, 0.25) is 0 Å². The molecule has 0 bridgehead atoms. The van der Waals surface area contributed by atoms with E-state index in [-0.39, 0.29) is 5.75 Å². The summed E-state index contributed by atoms with van der Waals surface area (Å²) >= 11 is 0. The molecule has 0 aliphatic rings. The molecule has 0 heterocycles. The highest BCUT2D eigenvalue weighted by Crippen LogP contribution is 2.11. The summed E-state index contributed by atoms with van der Waals surface area (Å²) < 4.78 is 11.8. The Kier molecular flexibility index (Phi) is 4.84. The van der Waals surface area contributed by atoms with E-state index in [1.807, 2.05) is 26.0 Å². The molecule has 5 heteroatoms. The van der Waals surface area contributed by atoms with E-state index in [9.17, 15) is 9.00 Å². The highest BCUT2D eigenvalue weighted by Gasteiger charge is 2.13. The molecule has 0 aromatic heterocycles. The van der Waals surface area contributed by atoms with Crippen LogP contribution in [-0.4, -0.2) is 21.9 Å². The summed E-state index contributed by atoms with van der Waals surface area (Å²) in [6.45, 7) is 3.99. The summed E-state index contributed by atoms with van der Waals surface area (Å²) in [7, 11) is -1.16. The maximum atomic E-state index is 11.8. The summed E-state index contributed by atoms with van der Waals surface area (Å²) in [5, 5.41) is 0. The van der Waals surface area contributed by atoms with Crippen LogP contribution in [0, 0.1) is 13.8 Å². The Morgan fingerprint density at radius 1 is 1.29 bits per heavy atom. The minimum Gasteiger partial charge on any atom is -0.368 e. The van der Waals surface area contributed by atoms with Gasteiger partial charge in [-0.05, 0) is 19.4 Å². The van der Waals surface area contributed by atoms with Gasteiger partial charge in [-0.1, -0.05) is 29.3 Å². The number of primary amides is 1. The molecular weight excluding hydrogens is 236 g/mol. The van der Waals surface area contributed by atoms with Gasteiger partial charge in [-0.25, -0.2) is 0 Å². The zero-order valence-electron chi connectivity index (χ0n) is 10.1. The average Bonchev–Trinajstić information content (AvgIpc) is 2.14. The fraction of sp³-hybridized carbons (Fsp3) is 0.417. The van der Waals surface area contributed by atoms with Crippen molar-refractivity contribution in [1.82, 2.24) is 0 Å². The molecule has 4 N–H and O–H groups in total. The molecule has 0 saturated carbocycles. The SMILES string of the molecule is Cc1cc(C)cc(CS(=O)CC(N)C(N)=O)c1. The van der Waals surface area contributed by atoms with Gasteiger partial charge in [-0.3, -0.25) is 9.00 Å². The first-order valence-electron chi connectivity index (χ1n) is 5.35. The van der Waals surface area contributed by atoms with Crippen LogP contribution in [0.1, 0.15) is 16.7 Å². The molecule has 4 nitrogen and oxygen atoms in total. The minimum absolute atomic E-state index is 0.113. The predicted molar refractivity (Wildman–Crippen MR) is 69.8 cm³/mol. The summed E-state index contributed by atoms with van der Waals surface area (Å²) in [4.78, 5) is 10.8. The van der Waals surface area contributed by atoms with Crippen LogP contribution < -0.4 is 11.5 Å². The molecule has 0 radical (unpaired) electrons. The largest absolute Gasteiger partial charge is 0.368 e. The van der Waals surface area contributed by atoms with Gasteiger partial charge in [0.2, 0.25) is 5.91 Å². The quantitative estimate of drug-likeness (QED) is 0.795. The first-order chi connectivity index (χ1) is 7.88. The van der Waals surface area contributed by atoms with Crippen molar-refractivity contribution in [3.05, 3.63) is 34.9 Å². The zero-order chi connectivity index (χ0) is 13.0. The van der Waals surface area contributed by atoms with Crippen molar-refractivity contribution in [2.45, 2.75) is 25.6 Å². The standard InChI is InChI=1S/C12H18N2O2S/c1-8-3-9(2)5-10(4-8)6-17(16)7-11(13)12(14)15/h3-5,11H,6-7,13H2,1-2H3,(H2,14,15). The van der Waals surface area contributed by atoms with Crippen molar-refractivity contribution in [2.24, 2.45) is 11.5 Å². The molecule has 1 amide bonds. The number of hydrogen-bond donors (Lipinski definition) is 2. The van der Waals surface area contributed by atoms with Crippen LogP contribution in [0.5, 0.6) is 0 Å². The van der Waals surface area contributed by atoms with E-state index in [2.05, 4.69) is 6.07 Å². The molecule has 1 aromatic carbocycles. The molecule has 0 saturated heterocycles. The van der Waals surface area contributed by atoms with E-state index >= 15 is 0 Å². The highest BCUT2D eigenvalue weighted by atomic mass is 32.2. The summed E-state index contributed by atoms with van der Waals surface area (Å²) in [6.07, 6.45) is 0. The smallest absolute Gasteiger partial charge is 0.235 e. The first kappa shape index (κ1) is 13.9. The van der Waals surface area contributed by atoms with Crippen molar-refractivity contribution in [3.8, 4) is 0 Å².